The van der Waals surface area contributed by atoms with E-state index in [0.29, 0.717) is 0 Å². The van der Waals surface area contributed by atoms with Crippen molar-refractivity contribution in [3.8, 4) is 0 Å². The maximum atomic E-state index is 3.56. The third-order valence-electron chi connectivity index (χ3n) is 5.03. The number of nitrogens with one attached hydrogen (secondary N) is 1. The quantitative estimate of drug-likeness (QED) is 0.727. The van der Waals surface area contributed by atoms with Crippen LogP contribution in [0, 0.1) is 23.7 Å². The first-order valence-electron chi connectivity index (χ1n) is 6.66. The van der Waals surface area contributed by atoms with Crippen LogP contribution in [0.1, 0.15) is 44.9 Å². The van der Waals surface area contributed by atoms with Gasteiger partial charge in [0, 0.05) is 0 Å². The van der Waals surface area contributed by atoms with Gasteiger partial charge in [0.25, 0.3) is 0 Å². The highest BCUT2D eigenvalue weighted by molar-refractivity contribution is 4.92. The standard InChI is InChI=1S/C13H23N/c1-3-10(4-1)13(11-5-2-6-11)12-7-8-14-9-12/h10-14H,1-9H2. The second-order valence-corrected chi connectivity index (χ2v) is 5.71. The number of rotatable bonds is 3. The van der Waals surface area contributed by atoms with Crippen LogP contribution in [0.2, 0.25) is 0 Å². The maximum absolute atomic E-state index is 3.56. The van der Waals surface area contributed by atoms with Crippen LogP contribution in [-0.2, 0) is 0 Å². The smallest absolute Gasteiger partial charge is 0.00172 e. The molecule has 80 valence electrons. The Morgan fingerprint density at radius 3 is 1.79 bits per heavy atom. The van der Waals surface area contributed by atoms with Crippen LogP contribution >= 0.6 is 0 Å². The summed E-state index contributed by atoms with van der Waals surface area (Å²) in [5.74, 6) is 4.42. The molecule has 2 saturated carbocycles. The Morgan fingerprint density at radius 2 is 1.43 bits per heavy atom. The molecule has 1 aliphatic heterocycles. The maximum Gasteiger partial charge on any atom is -0.00172 e. The number of hydrogen-bond acceptors (Lipinski definition) is 1. The predicted molar refractivity (Wildman–Crippen MR) is 59.1 cm³/mol. The van der Waals surface area contributed by atoms with Gasteiger partial charge in [0.15, 0.2) is 0 Å². The Labute approximate surface area is 87.7 Å². The van der Waals surface area contributed by atoms with Crippen molar-refractivity contribution < 1.29 is 0 Å². The Hall–Kier alpha value is -0.0400. The lowest BCUT2D eigenvalue weighted by Gasteiger charge is -2.45. The van der Waals surface area contributed by atoms with Gasteiger partial charge in [-0.2, -0.15) is 0 Å². The molecule has 1 saturated heterocycles. The molecule has 0 radical (unpaired) electrons. The van der Waals surface area contributed by atoms with Gasteiger partial charge in [0.2, 0.25) is 0 Å². The molecule has 0 aromatic carbocycles. The lowest BCUT2D eigenvalue weighted by atomic mass is 9.60. The Kier molecular flexibility index (Phi) is 2.53. The fourth-order valence-electron chi connectivity index (χ4n) is 3.81. The van der Waals surface area contributed by atoms with Gasteiger partial charge in [-0.05, 0) is 43.2 Å². The molecule has 1 heteroatoms. The SMILES string of the molecule is C1CC(C(C2CCC2)C2CCNC2)C1. The van der Waals surface area contributed by atoms with Crippen LogP contribution in [-0.4, -0.2) is 13.1 Å². The summed E-state index contributed by atoms with van der Waals surface area (Å²) in [6.45, 7) is 2.62. The summed E-state index contributed by atoms with van der Waals surface area (Å²) in [7, 11) is 0. The van der Waals surface area contributed by atoms with Crippen molar-refractivity contribution >= 4 is 0 Å². The molecule has 14 heavy (non-hydrogen) atoms. The van der Waals surface area contributed by atoms with Crippen molar-refractivity contribution in [2.75, 3.05) is 13.1 Å². The zero-order valence-electron chi connectivity index (χ0n) is 9.17. The molecule has 1 atom stereocenters. The minimum absolute atomic E-state index is 1.05. The molecule has 0 bridgehead atoms. The van der Waals surface area contributed by atoms with Crippen molar-refractivity contribution in [3.05, 3.63) is 0 Å². The van der Waals surface area contributed by atoms with Gasteiger partial charge in [0.1, 0.15) is 0 Å². The molecule has 2 aliphatic carbocycles. The van der Waals surface area contributed by atoms with Gasteiger partial charge in [-0.1, -0.05) is 38.5 Å². The topological polar surface area (TPSA) is 12.0 Å². The number of hydrogen-bond donors (Lipinski definition) is 1. The molecule has 3 rings (SSSR count). The van der Waals surface area contributed by atoms with E-state index in [4.69, 9.17) is 0 Å². The van der Waals surface area contributed by atoms with Crippen LogP contribution in [0.4, 0.5) is 0 Å². The molecule has 1 heterocycles. The van der Waals surface area contributed by atoms with E-state index in [2.05, 4.69) is 5.32 Å². The third-order valence-corrected chi connectivity index (χ3v) is 5.03. The van der Waals surface area contributed by atoms with Crippen molar-refractivity contribution in [3.63, 3.8) is 0 Å². The highest BCUT2D eigenvalue weighted by atomic mass is 14.9. The minimum Gasteiger partial charge on any atom is -0.316 e. The van der Waals surface area contributed by atoms with Gasteiger partial charge in [-0.25, -0.2) is 0 Å². The van der Waals surface area contributed by atoms with Crippen LogP contribution < -0.4 is 5.32 Å². The summed E-state index contributed by atoms with van der Waals surface area (Å²) in [5.41, 5.74) is 0. The zero-order valence-corrected chi connectivity index (χ0v) is 9.17. The Morgan fingerprint density at radius 1 is 0.786 bits per heavy atom. The molecule has 0 aromatic rings. The van der Waals surface area contributed by atoms with E-state index < -0.39 is 0 Å². The highest BCUT2D eigenvalue weighted by Crippen LogP contribution is 2.48. The lowest BCUT2D eigenvalue weighted by molar-refractivity contribution is 0.0508. The molecule has 1 N–H and O–H groups in total. The summed E-state index contributed by atoms with van der Waals surface area (Å²) in [4.78, 5) is 0. The molecule has 1 unspecified atom stereocenters. The summed E-state index contributed by atoms with van der Waals surface area (Å²) in [5, 5.41) is 3.56. The summed E-state index contributed by atoms with van der Waals surface area (Å²) >= 11 is 0. The molecule has 0 aromatic heterocycles. The second-order valence-electron chi connectivity index (χ2n) is 5.71. The zero-order chi connectivity index (χ0) is 9.38. The summed E-state index contributed by atoms with van der Waals surface area (Å²) < 4.78 is 0. The predicted octanol–water partition coefficient (Wildman–Crippen LogP) is 2.81. The highest BCUT2D eigenvalue weighted by Gasteiger charge is 2.41. The average molecular weight is 193 g/mol. The first-order chi connectivity index (χ1) is 6.95. The molecule has 0 spiro atoms. The van der Waals surface area contributed by atoms with Gasteiger partial charge < -0.3 is 5.32 Å². The van der Waals surface area contributed by atoms with Gasteiger partial charge >= 0.3 is 0 Å². The van der Waals surface area contributed by atoms with Gasteiger partial charge in [-0.15, -0.1) is 0 Å². The fourth-order valence-corrected chi connectivity index (χ4v) is 3.81. The van der Waals surface area contributed by atoms with Crippen molar-refractivity contribution in [2.45, 2.75) is 44.9 Å². The first-order valence-corrected chi connectivity index (χ1v) is 6.66. The molecule has 1 nitrogen and oxygen atoms in total. The van der Waals surface area contributed by atoms with E-state index in [1.54, 1.807) is 25.7 Å². The largest absolute Gasteiger partial charge is 0.316 e. The minimum atomic E-state index is 1.05. The van der Waals surface area contributed by atoms with E-state index in [9.17, 15) is 0 Å². The Bertz CT molecular complexity index is 173. The van der Waals surface area contributed by atoms with E-state index in [1.165, 1.54) is 32.4 Å². The van der Waals surface area contributed by atoms with Gasteiger partial charge in [0.05, 0.1) is 0 Å². The molecule has 3 fully saturated rings. The molecular weight excluding hydrogens is 170 g/mol. The lowest BCUT2D eigenvalue weighted by Crippen LogP contribution is -2.38. The first kappa shape index (κ1) is 9.21. The van der Waals surface area contributed by atoms with E-state index in [1.807, 2.05) is 0 Å². The second kappa shape index (κ2) is 3.84. The van der Waals surface area contributed by atoms with Crippen LogP contribution in [0.3, 0.4) is 0 Å². The Balaban J connectivity index is 1.66. The van der Waals surface area contributed by atoms with E-state index in [0.717, 1.165) is 23.7 Å². The fraction of sp³-hybridized carbons (Fsp3) is 1.00. The van der Waals surface area contributed by atoms with Crippen LogP contribution in [0.25, 0.3) is 0 Å². The van der Waals surface area contributed by atoms with E-state index in [-0.39, 0.29) is 0 Å². The average Bonchev–Trinajstić information content (AvgIpc) is 2.47. The molecule has 3 aliphatic rings. The van der Waals surface area contributed by atoms with Gasteiger partial charge in [-0.3, -0.25) is 0 Å². The van der Waals surface area contributed by atoms with Crippen molar-refractivity contribution in [1.29, 1.82) is 0 Å². The van der Waals surface area contributed by atoms with Crippen molar-refractivity contribution in [2.24, 2.45) is 23.7 Å². The monoisotopic (exact) mass is 193 g/mol. The normalized spacial score (nSPS) is 34.5. The molecule has 0 amide bonds. The van der Waals surface area contributed by atoms with Crippen LogP contribution in [0.15, 0.2) is 0 Å². The van der Waals surface area contributed by atoms with Crippen LogP contribution in [0.5, 0.6) is 0 Å². The summed E-state index contributed by atoms with van der Waals surface area (Å²) in [6, 6.07) is 0. The third kappa shape index (κ3) is 1.50. The van der Waals surface area contributed by atoms with Crippen molar-refractivity contribution in [1.82, 2.24) is 5.32 Å². The molecular formula is C13H23N. The summed E-state index contributed by atoms with van der Waals surface area (Å²) in [6.07, 6.45) is 10.7. The van der Waals surface area contributed by atoms with E-state index >= 15 is 0 Å².